The molecule has 2 saturated heterocycles. The number of rotatable bonds is 5. The first-order valence-electron chi connectivity index (χ1n) is 10.4. The Kier molecular flexibility index (Phi) is 6.94. The van der Waals surface area contributed by atoms with Crippen LogP contribution in [-0.2, 0) is 19.6 Å². The second-order valence-electron chi connectivity index (χ2n) is 7.75. The van der Waals surface area contributed by atoms with Crippen molar-refractivity contribution in [3.05, 3.63) is 47.4 Å². The number of halogens is 2. The fourth-order valence-corrected chi connectivity index (χ4v) is 5.49. The fraction of sp³-hybridized carbons (Fsp3) is 0.429. The molecule has 0 saturated carbocycles. The average molecular weight is 483 g/mol. The van der Waals surface area contributed by atoms with Crippen molar-refractivity contribution in [2.24, 2.45) is 5.92 Å². The van der Waals surface area contributed by atoms with Crippen molar-refractivity contribution in [1.82, 2.24) is 9.29 Å². The van der Waals surface area contributed by atoms with E-state index in [2.05, 4.69) is 15.2 Å². The SMILES string of the molecule is O=C(Nc1ccc(F)c(S(=O)(=O)N2CCOCC2)c1)C1CCN(c2ccc(Cl)cn2)CC1. The number of carbonyl (C=O) groups excluding carboxylic acids is 1. The van der Waals surface area contributed by atoms with Gasteiger partial charge in [-0.2, -0.15) is 4.31 Å². The molecule has 11 heteroatoms. The number of aromatic nitrogens is 1. The van der Waals surface area contributed by atoms with Crippen LogP contribution < -0.4 is 10.2 Å². The number of piperidine rings is 1. The molecule has 172 valence electrons. The predicted octanol–water partition coefficient (Wildman–Crippen LogP) is 2.75. The number of hydrogen-bond donors (Lipinski definition) is 1. The molecule has 0 aliphatic carbocycles. The van der Waals surface area contributed by atoms with Crippen LogP contribution in [0, 0.1) is 11.7 Å². The Hall–Kier alpha value is -2.27. The lowest BCUT2D eigenvalue weighted by atomic mass is 9.96. The van der Waals surface area contributed by atoms with E-state index in [1.54, 1.807) is 12.3 Å². The Labute approximate surface area is 191 Å². The van der Waals surface area contributed by atoms with E-state index < -0.39 is 20.7 Å². The summed E-state index contributed by atoms with van der Waals surface area (Å²) >= 11 is 5.88. The summed E-state index contributed by atoms with van der Waals surface area (Å²) in [6, 6.07) is 7.25. The van der Waals surface area contributed by atoms with E-state index in [1.807, 2.05) is 6.07 Å². The summed E-state index contributed by atoms with van der Waals surface area (Å²) in [6.45, 7) is 2.18. The Bertz CT molecular complexity index is 1070. The molecule has 3 heterocycles. The zero-order valence-corrected chi connectivity index (χ0v) is 18.9. The number of nitrogens with one attached hydrogen (secondary N) is 1. The van der Waals surface area contributed by atoms with Gasteiger partial charge < -0.3 is 15.0 Å². The maximum absolute atomic E-state index is 14.4. The lowest BCUT2D eigenvalue weighted by Gasteiger charge is -2.32. The average Bonchev–Trinajstić information content (AvgIpc) is 2.81. The van der Waals surface area contributed by atoms with Crippen molar-refractivity contribution in [2.75, 3.05) is 49.6 Å². The van der Waals surface area contributed by atoms with Crippen molar-refractivity contribution in [3.63, 3.8) is 0 Å². The highest BCUT2D eigenvalue weighted by molar-refractivity contribution is 7.89. The molecule has 0 bridgehead atoms. The van der Waals surface area contributed by atoms with Gasteiger partial charge >= 0.3 is 0 Å². The van der Waals surface area contributed by atoms with Crippen LogP contribution in [-0.4, -0.2) is 63.0 Å². The van der Waals surface area contributed by atoms with Crippen LogP contribution >= 0.6 is 11.6 Å². The molecule has 2 aromatic rings. The number of hydrogen-bond acceptors (Lipinski definition) is 6. The first-order valence-corrected chi connectivity index (χ1v) is 12.2. The normalized spacial score (nSPS) is 18.5. The van der Waals surface area contributed by atoms with Crippen LogP contribution in [0.15, 0.2) is 41.4 Å². The second kappa shape index (κ2) is 9.70. The number of morpholine rings is 1. The zero-order chi connectivity index (χ0) is 22.7. The Morgan fingerprint density at radius 2 is 1.84 bits per heavy atom. The molecule has 32 heavy (non-hydrogen) atoms. The maximum Gasteiger partial charge on any atom is 0.246 e. The minimum atomic E-state index is -4.01. The largest absolute Gasteiger partial charge is 0.379 e. The highest BCUT2D eigenvalue weighted by atomic mass is 35.5. The molecule has 2 fully saturated rings. The van der Waals surface area contributed by atoms with Crippen molar-refractivity contribution in [3.8, 4) is 0 Å². The van der Waals surface area contributed by atoms with Gasteiger partial charge in [0.25, 0.3) is 0 Å². The molecule has 1 aromatic heterocycles. The van der Waals surface area contributed by atoms with Crippen LogP contribution in [0.5, 0.6) is 0 Å². The summed E-state index contributed by atoms with van der Waals surface area (Å²) in [5, 5.41) is 3.32. The van der Waals surface area contributed by atoms with E-state index in [1.165, 1.54) is 16.4 Å². The summed E-state index contributed by atoms with van der Waals surface area (Å²) in [4.78, 5) is 18.7. The third-order valence-corrected chi connectivity index (χ3v) is 7.83. The molecule has 1 amide bonds. The minimum absolute atomic E-state index is 0.166. The summed E-state index contributed by atoms with van der Waals surface area (Å²) < 4.78 is 46.4. The van der Waals surface area contributed by atoms with Crippen molar-refractivity contribution >= 4 is 39.0 Å². The van der Waals surface area contributed by atoms with Crippen molar-refractivity contribution < 1.29 is 22.3 Å². The number of nitrogens with zero attached hydrogens (tertiary/aromatic N) is 3. The van der Waals surface area contributed by atoms with Gasteiger partial charge in [-0.1, -0.05) is 11.6 Å². The van der Waals surface area contributed by atoms with Gasteiger partial charge in [0, 0.05) is 44.0 Å². The van der Waals surface area contributed by atoms with E-state index in [4.69, 9.17) is 16.3 Å². The van der Waals surface area contributed by atoms with Gasteiger partial charge in [0.15, 0.2) is 0 Å². The summed E-state index contributed by atoms with van der Waals surface area (Å²) in [7, 11) is -4.01. The lowest BCUT2D eigenvalue weighted by molar-refractivity contribution is -0.120. The number of anilines is 2. The van der Waals surface area contributed by atoms with E-state index in [0.29, 0.717) is 31.0 Å². The topological polar surface area (TPSA) is 91.8 Å². The second-order valence-corrected chi connectivity index (χ2v) is 10.1. The van der Waals surface area contributed by atoms with E-state index in [9.17, 15) is 17.6 Å². The van der Waals surface area contributed by atoms with Crippen molar-refractivity contribution in [2.45, 2.75) is 17.7 Å². The quantitative estimate of drug-likeness (QED) is 0.704. The van der Waals surface area contributed by atoms with Crippen LogP contribution in [0.25, 0.3) is 0 Å². The molecule has 8 nitrogen and oxygen atoms in total. The first kappa shape index (κ1) is 22.9. The number of pyridine rings is 1. The molecule has 1 N–H and O–H groups in total. The highest BCUT2D eigenvalue weighted by Crippen LogP contribution is 2.26. The number of amides is 1. The molecule has 0 radical (unpaired) electrons. The molecular weight excluding hydrogens is 459 g/mol. The molecule has 0 spiro atoms. The van der Waals surface area contributed by atoms with Crippen LogP contribution in [0.4, 0.5) is 15.9 Å². The standard InChI is InChI=1S/C21H24ClFN4O4S/c22-16-1-4-20(24-14-16)26-7-5-15(6-8-26)21(28)25-17-2-3-18(23)19(13-17)32(29,30)27-9-11-31-12-10-27/h1-4,13-15H,5-12H2,(H,25,28). The van der Waals surface area contributed by atoms with Gasteiger partial charge in [0.05, 0.1) is 18.2 Å². The number of sulfonamides is 1. The van der Waals surface area contributed by atoms with Crippen LogP contribution in [0.3, 0.4) is 0 Å². The number of ether oxygens (including phenoxy) is 1. The molecule has 2 aliphatic rings. The van der Waals surface area contributed by atoms with Gasteiger partial charge in [-0.15, -0.1) is 0 Å². The van der Waals surface area contributed by atoms with E-state index in [0.717, 1.165) is 11.9 Å². The maximum atomic E-state index is 14.4. The van der Waals surface area contributed by atoms with Crippen LogP contribution in [0.2, 0.25) is 5.02 Å². The molecule has 0 unspecified atom stereocenters. The summed E-state index contributed by atoms with van der Waals surface area (Å²) in [5.41, 5.74) is 0.255. The monoisotopic (exact) mass is 482 g/mol. The van der Waals surface area contributed by atoms with Crippen LogP contribution in [0.1, 0.15) is 12.8 Å². The molecule has 2 aliphatic heterocycles. The smallest absolute Gasteiger partial charge is 0.246 e. The van der Waals surface area contributed by atoms with E-state index in [-0.39, 0.29) is 43.8 Å². The Balaban J connectivity index is 1.40. The highest BCUT2D eigenvalue weighted by Gasteiger charge is 2.30. The lowest BCUT2D eigenvalue weighted by Crippen LogP contribution is -2.41. The molecule has 4 rings (SSSR count). The van der Waals surface area contributed by atoms with Gasteiger partial charge in [0.1, 0.15) is 16.5 Å². The van der Waals surface area contributed by atoms with E-state index >= 15 is 0 Å². The first-order chi connectivity index (χ1) is 15.3. The molecule has 0 atom stereocenters. The number of carbonyl (C=O) groups is 1. The van der Waals surface area contributed by atoms with Gasteiger partial charge in [-0.3, -0.25) is 4.79 Å². The fourth-order valence-electron chi connectivity index (χ4n) is 3.88. The summed E-state index contributed by atoms with van der Waals surface area (Å²) in [5.74, 6) is -0.485. The third kappa shape index (κ3) is 5.03. The number of benzene rings is 1. The Morgan fingerprint density at radius 1 is 1.12 bits per heavy atom. The predicted molar refractivity (Wildman–Crippen MR) is 119 cm³/mol. The minimum Gasteiger partial charge on any atom is -0.379 e. The molecular formula is C21H24ClFN4O4S. The molecule has 1 aromatic carbocycles. The Morgan fingerprint density at radius 3 is 2.50 bits per heavy atom. The zero-order valence-electron chi connectivity index (χ0n) is 17.3. The van der Waals surface area contributed by atoms with Gasteiger partial charge in [-0.05, 0) is 43.2 Å². The van der Waals surface area contributed by atoms with Gasteiger partial charge in [0.2, 0.25) is 15.9 Å². The third-order valence-electron chi connectivity index (χ3n) is 5.69. The van der Waals surface area contributed by atoms with Crippen molar-refractivity contribution in [1.29, 1.82) is 0 Å². The van der Waals surface area contributed by atoms with Gasteiger partial charge in [-0.25, -0.2) is 17.8 Å². The summed E-state index contributed by atoms with van der Waals surface area (Å²) in [6.07, 6.45) is 2.83.